The quantitative estimate of drug-likeness (QED) is 0.587. The fourth-order valence-electron chi connectivity index (χ4n) is 4.53. The lowest BCUT2D eigenvalue weighted by atomic mass is 9.49. The molecule has 4 fully saturated rings. The Morgan fingerprint density at radius 1 is 1.32 bits per heavy atom. The summed E-state index contributed by atoms with van der Waals surface area (Å²) in [6.07, 6.45) is 3.35. The molecule has 104 valence electrons. The molecule has 6 heteroatoms. The van der Waals surface area contributed by atoms with Gasteiger partial charge >= 0.3 is 12.1 Å². The molecule has 0 aliphatic heterocycles. The smallest absolute Gasteiger partial charge is 0.425 e. The van der Waals surface area contributed by atoms with Crippen LogP contribution < -0.4 is 5.43 Å². The molecule has 0 aromatic carbocycles. The van der Waals surface area contributed by atoms with Crippen molar-refractivity contribution < 1.29 is 19.4 Å². The van der Waals surface area contributed by atoms with Gasteiger partial charge in [-0.25, -0.2) is 10.2 Å². The van der Waals surface area contributed by atoms with Crippen LogP contribution in [-0.4, -0.2) is 30.0 Å². The number of methoxy groups -OCH3 is 1. The number of nitrogens with one attached hydrogen (secondary N) is 1. The highest BCUT2D eigenvalue weighted by molar-refractivity contribution is 5.94. The van der Waals surface area contributed by atoms with Crippen molar-refractivity contribution in [2.45, 2.75) is 32.1 Å². The number of carbonyl (C=O) groups excluding carboxylic acids is 1. The monoisotopic (exact) mass is 266 g/mol. The third-order valence-corrected chi connectivity index (χ3v) is 4.92. The van der Waals surface area contributed by atoms with Gasteiger partial charge in [0.25, 0.3) is 0 Å². The summed E-state index contributed by atoms with van der Waals surface area (Å²) >= 11 is 0. The lowest BCUT2D eigenvalue weighted by Gasteiger charge is -2.55. The first-order valence-electron chi connectivity index (χ1n) is 6.69. The molecule has 19 heavy (non-hydrogen) atoms. The first-order valence-corrected chi connectivity index (χ1v) is 6.69. The van der Waals surface area contributed by atoms with Crippen LogP contribution in [0.3, 0.4) is 0 Å². The lowest BCUT2D eigenvalue weighted by molar-refractivity contribution is -0.162. The zero-order valence-corrected chi connectivity index (χ0v) is 10.9. The Hall–Kier alpha value is -1.59. The van der Waals surface area contributed by atoms with E-state index in [1.807, 2.05) is 0 Å². The van der Waals surface area contributed by atoms with Crippen molar-refractivity contribution >= 4 is 17.8 Å². The van der Waals surface area contributed by atoms with E-state index in [-0.39, 0.29) is 23.2 Å². The molecule has 4 aliphatic rings. The van der Waals surface area contributed by atoms with Crippen molar-refractivity contribution in [3.63, 3.8) is 0 Å². The largest absolute Gasteiger partial charge is 0.469 e. The molecule has 0 aromatic rings. The van der Waals surface area contributed by atoms with E-state index in [0.29, 0.717) is 5.92 Å². The summed E-state index contributed by atoms with van der Waals surface area (Å²) in [5, 5.41) is 12.7. The summed E-state index contributed by atoms with van der Waals surface area (Å²) in [7, 11) is 1.45. The van der Waals surface area contributed by atoms with Gasteiger partial charge in [-0.05, 0) is 38.0 Å². The molecule has 0 saturated heterocycles. The maximum absolute atomic E-state index is 12.1. The minimum atomic E-state index is -1.14. The molecule has 0 radical (unpaired) electrons. The molecule has 4 aliphatic carbocycles. The van der Waals surface area contributed by atoms with Crippen molar-refractivity contribution in [2.24, 2.45) is 28.3 Å². The molecule has 0 aromatic heterocycles. The summed E-state index contributed by atoms with van der Waals surface area (Å²) in [6.45, 7) is 0. The number of carboxylic acid groups (broad SMARTS) is 1. The number of ether oxygens (including phenoxy) is 1. The van der Waals surface area contributed by atoms with Crippen molar-refractivity contribution in [3.8, 4) is 0 Å². The summed E-state index contributed by atoms with van der Waals surface area (Å²) in [5.74, 6) is 0.923. The van der Waals surface area contributed by atoms with E-state index in [0.717, 1.165) is 37.8 Å². The van der Waals surface area contributed by atoms with E-state index in [4.69, 9.17) is 9.84 Å². The molecule has 6 nitrogen and oxygen atoms in total. The van der Waals surface area contributed by atoms with Crippen LogP contribution in [0.4, 0.5) is 4.79 Å². The van der Waals surface area contributed by atoms with Gasteiger partial charge in [0.15, 0.2) is 0 Å². The van der Waals surface area contributed by atoms with Gasteiger partial charge in [-0.2, -0.15) is 5.10 Å². The second kappa shape index (κ2) is 4.21. The van der Waals surface area contributed by atoms with Crippen molar-refractivity contribution in [1.82, 2.24) is 5.43 Å². The van der Waals surface area contributed by atoms with Crippen LogP contribution in [0.5, 0.6) is 0 Å². The maximum atomic E-state index is 12.1. The van der Waals surface area contributed by atoms with Crippen molar-refractivity contribution in [1.29, 1.82) is 0 Å². The number of hydrogen-bond acceptors (Lipinski definition) is 4. The molecule has 4 bridgehead atoms. The Morgan fingerprint density at radius 3 is 2.47 bits per heavy atom. The molecule has 0 heterocycles. The van der Waals surface area contributed by atoms with Crippen LogP contribution >= 0.6 is 0 Å². The minimum absolute atomic E-state index is 0.0999. The highest BCUT2D eigenvalue weighted by Crippen LogP contribution is 2.59. The van der Waals surface area contributed by atoms with E-state index < -0.39 is 6.09 Å². The predicted molar refractivity (Wildman–Crippen MR) is 66.6 cm³/mol. The topological polar surface area (TPSA) is 88.0 Å². The Labute approximate surface area is 111 Å². The average Bonchev–Trinajstić information content (AvgIpc) is 2.35. The molecule has 2 unspecified atom stereocenters. The zero-order valence-electron chi connectivity index (χ0n) is 10.9. The minimum Gasteiger partial charge on any atom is -0.469 e. The Kier molecular flexibility index (Phi) is 2.76. The van der Waals surface area contributed by atoms with E-state index in [1.165, 1.54) is 7.11 Å². The molecule has 2 N–H and O–H groups in total. The zero-order chi connectivity index (χ0) is 13.6. The first-order chi connectivity index (χ1) is 9.04. The van der Waals surface area contributed by atoms with Gasteiger partial charge in [-0.3, -0.25) is 4.79 Å². The molecular formula is C13H18N2O4. The fraction of sp³-hybridized carbons (Fsp3) is 0.769. The van der Waals surface area contributed by atoms with E-state index in [9.17, 15) is 9.59 Å². The van der Waals surface area contributed by atoms with Crippen molar-refractivity contribution in [3.05, 3.63) is 0 Å². The second-order valence-electron chi connectivity index (χ2n) is 6.07. The summed E-state index contributed by atoms with van der Waals surface area (Å²) in [4.78, 5) is 22.6. The predicted octanol–water partition coefficient (Wildman–Crippen LogP) is 1.61. The van der Waals surface area contributed by atoms with Crippen LogP contribution in [-0.2, 0) is 9.53 Å². The Morgan fingerprint density at radius 2 is 1.95 bits per heavy atom. The van der Waals surface area contributed by atoms with Crippen molar-refractivity contribution in [2.75, 3.05) is 7.11 Å². The molecule has 0 spiro atoms. The number of nitrogens with zero attached hydrogens (tertiary/aromatic N) is 1. The summed E-state index contributed by atoms with van der Waals surface area (Å²) in [6, 6.07) is 0. The molecule has 1 amide bonds. The van der Waals surface area contributed by atoms with Gasteiger partial charge in [0.2, 0.25) is 0 Å². The van der Waals surface area contributed by atoms with Gasteiger partial charge in [0.1, 0.15) is 0 Å². The third kappa shape index (κ3) is 1.89. The summed E-state index contributed by atoms with van der Waals surface area (Å²) < 4.78 is 4.98. The lowest BCUT2D eigenvalue weighted by Crippen LogP contribution is -2.55. The molecular weight excluding hydrogens is 248 g/mol. The molecule has 4 rings (SSSR count). The fourth-order valence-corrected chi connectivity index (χ4v) is 4.53. The van der Waals surface area contributed by atoms with Crippen LogP contribution in [0, 0.1) is 23.2 Å². The van der Waals surface area contributed by atoms with E-state index >= 15 is 0 Å². The van der Waals surface area contributed by atoms with Crippen LogP contribution in [0.1, 0.15) is 32.1 Å². The number of rotatable bonds is 2. The van der Waals surface area contributed by atoms with Gasteiger partial charge in [0, 0.05) is 17.5 Å². The average molecular weight is 266 g/mol. The third-order valence-electron chi connectivity index (χ3n) is 4.92. The number of carbonyl (C=O) groups is 2. The number of hydrogen-bond donors (Lipinski definition) is 2. The van der Waals surface area contributed by atoms with Crippen LogP contribution in [0.15, 0.2) is 5.10 Å². The Bertz CT molecular complexity index is 442. The normalized spacial score (nSPS) is 39.0. The van der Waals surface area contributed by atoms with Gasteiger partial charge in [0.05, 0.1) is 12.5 Å². The van der Waals surface area contributed by atoms with Crippen LogP contribution in [0.2, 0.25) is 0 Å². The highest BCUT2D eigenvalue weighted by Gasteiger charge is 2.58. The van der Waals surface area contributed by atoms with Gasteiger partial charge < -0.3 is 9.84 Å². The van der Waals surface area contributed by atoms with E-state index in [1.54, 1.807) is 0 Å². The Balaban J connectivity index is 1.85. The van der Waals surface area contributed by atoms with Gasteiger partial charge in [-0.15, -0.1) is 0 Å². The number of esters is 1. The number of hydrazone groups is 1. The van der Waals surface area contributed by atoms with E-state index in [2.05, 4.69) is 10.5 Å². The highest BCUT2D eigenvalue weighted by atomic mass is 16.5. The SMILES string of the molecule is COC(=O)C12CC3CC(C1)C(=NNC(=O)O)C(C3)C2. The number of amides is 1. The summed E-state index contributed by atoms with van der Waals surface area (Å²) in [5.41, 5.74) is 2.72. The maximum Gasteiger partial charge on any atom is 0.425 e. The van der Waals surface area contributed by atoms with Crippen LogP contribution in [0.25, 0.3) is 0 Å². The molecule has 4 saturated carbocycles. The molecule has 2 atom stereocenters. The second-order valence-corrected chi connectivity index (χ2v) is 6.07. The first kappa shape index (κ1) is 12.4. The van der Waals surface area contributed by atoms with Gasteiger partial charge in [-0.1, -0.05) is 0 Å². The standard InChI is InChI=1S/C13H18N2O4/c1-19-11(16)13-4-7-2-8(5-13)10(9(3-7)6-13)14-15-12(17)18/h7-9,15H,2-6H2,1H3,(H,17,18).